The number of esters is 1. The number of hydrogen-bond donors (Lipinski definition) is 0. The lowest BCUT2D eigenvalue weighted by Crippen LogP contribution is -2.04. The minimum absolute atomic E-state index is 0.126. The highest BCUT2D eigenvalue weighted by atomic mass is 32.1. The van der Waals surface area contributed by atoms with Gasteiger partial charge in [0.1, 0.15) is 5.69 Å². The second-order valence-corrected chi connectivity index (χ2v) is 6.12. The molecular weight excluding hydrogens is 290 g/mol. The maximum atomic E-state index is 11.7. The maximum absolute atomic E-state index is 11.7. The molecule has 0 N–H and O–H groups in total. The van der Waals surface area contributed by atoms with Crippen molar-refractivity contribution in [2.24, 2.45) is 0 Å². The number of carbonyl (C=O) groups is 1. The van der Waals surface area contributed by atoms with Crippen LogP contribution < -0.4 is 0 Å². The highest BCUT2D eigenvalue weighted by molar-refractivity contribution is 7.15. The van der Waals surface area contributed by atoms with Crippen molar-refractivity contribution in [3.05, 3.63) is 28.0 Å². The lowest BCUT2D eigenvalue weighted by Gasteiger charge is -2.08. The van der Waals surface area contributed by atoms with E-state index in [-0.39, 0.29) is 12.4 Å². The monoisotopic (exact) mass is 307 g/mol. The highest BCUT2D eigenvalue weighted by Crippen LogP contribution is 2.36. The summed E-state index contributed by atoms with van der Waals surface area (Å²) in [5.41, 5.74) is 1.86. The highest BCUT2D eigenvalue weighted by Gasteiger charge is 2.23. The Morgan fingerprint density at radius 3 is 2.90 bits per heavy atom. The van der Waals surface area contributed by atoms with E-state index in [9.17, 15) is 4.79 Å². The summed E-state index contributed by atoms with van der Waals surface area (Å²) in [6, 6.07) is 2.13. The van der Waals surface area contributed by atoms with Crippen molar-refractivity contribution in [1.82, 2.24) is 4.98 Å². The normalized spacial score (nSPS) is 14.0. The van der Waals surface area contributed by atoms with Crippen LogP contribution in [0.3, 0.4) is 0 Å². The van der Waals surface area contributed by atoms with Crippen LogP contribution in [0, 0.1) is 0 Å². The van der Waals surface area contributed by atoms with Crippen LogP contribution in [0.15, 0.2) is 10.5 Å². The molecule has 1 aliphatic rings. The molecule has 0 bridgehead atoms. The van der Waals surface area contributed by atoms with Crippen LogP contribution in [0.1, 0.15) is 39.5 Å². The number of rotatable bonds is 4. The van der Waals surface area contributed by atoms with E-state index in [1.807, 2.05) is 0 Å². The standard InChI is InChI=1S/C15H17NO4S/c1-18-8-10-13(15(17)19-2)20-14(16-10)12-7-9-5-3-4-6-11(9)21-12/h7H,3-6,8H2,1-2H3. The molecular formula is C15H17NO4S. The second kappa shape index (κ2) is 5.99. The molecule has 2 aromatic heterocycles. The van der Waals surface area contributed by atoms with E-state index in [4.69, 9.17) is 13.9 Å². The molecule has 5 nitrogen and oxygen atoms in total. The molecule has 2 aromatic rings. The van der Waals surface area contributed by atoms with E-state index in [0.29, 0.717) is 11.6 Å². The van der Waals surface area contributed by atoms with Crippen LogP contribution in [-0.2, 0) is 28.9 Å². The number of nitrogens with zero attached hydrogens (tertiary/aromatic N) is 1. The molecule has 0 aromatic carbocycles. The smallest absolute Gasteiger partial charge is 0.376 e. The summed E-state index contributed by atoms with van der Waals surface area (Å²) in [4.78, 5) is 18.5. The minimum atomic E-state index is -0.526. The molecule has 0 saturated carbocycles. The van der Waals surface area contributed by atoms with Gasteiger partial charge in [-0.1, -0.05) is 0 Å². The molecule has 6 heteroatoms. The number of fused-ring (bicyclic) bond motifs is 1. The Bertz CT molecular complexity index is 635. The van der Waals surface area contributed by atoms with Gasteiger partial charge in [-0.05, 0) is 37.3 Å². The molecule has 2 heterocycles. The first kappa shape index (κ1) is 14.3. The van der Waals surface area contributed by atoms with Crippen LogP contribution in [-0.4, -0.2) is 25.2 Å². The number of ether oxygens (including phenoxy) is 2. The molecule has 0 atom stereocenters. The molecule has 0 saturated heterocycles. The Morgan fingerprint density at radius 2 is 2.19 bits per heavy atom. The van der Waals surface area contributed by atoms with E-state index in [1.54, 1.807) is 18.4 Å². The van der Waals surface area contributed by atoms with Gasteiger partial charge in [0.2, 0.25) is 11.7 Å². The number of methoxy groups -OCH3 is 2. The van der Waals surface area contributed by atoms with Crippen LogP contribution in [0.2, 0.25) is 0 Å². The zero-order valence-corrected chi connectivity index (χ0v) is 12.9. The average Bonchev–Trinajstić information content (AvgIpc) is 3.10. The molecule has 21 heavy (non-hydrogen) atoms. The van der Waals surface area contributed by atoms with Crippen LogP contribution >= 0.6 is 11.3 Å². The van der Waals surface area contributed by atoms with Gasteiger partial charge in [0.05, 0.1) is 18.6 Å². The lowest BCUT2D eigenvalue weighted by atomic mass is 9.99. The van der Waals surface area contributed by atoms with Gasteiger partial charge in [0.25, 0.3) is 0 Å². The van der Waals surface area contributed by atoms with Gasteiger partial charge in [-0.15, -0.1) is 11.3 Å². The molecule has 1 aliphatic carbocycles. The van der Waals surface area contributed by atoms with Crippen molar-refractivity contribution in [3.63, 3.8) is 0 Å². The Morgan fingerprint density at radius 1 is 1.38 bits per heavy atom. The van der Waals surface area contributed by atoms with Crippen molar-refractivity contribution in [1.29, 1.82) is 0 Å². The summed E-state index contributed by atoms with van der Waals surface area (Å²) in [7, 11) is 2.88. The number of hydrogen-bond acceptors (Lipinski definition) is 6. The van der Waals surface area contributed by atoms with Gasteiger partial charge in [-0.2, -0.15) is 0 Å². The van der Waals surface area contributed by atoms with Crippen molar-refractivity contribution in [2.75, 3.05) is 14.2 Å². The summed E-state index contributed by atoms with van der Waals surface area (Å²) in [5.74, 6) is 0.0738. The Labute approximate surface area is 126 Å². The van der Waals surface area contributed by atoms with Gasteiger partial charge in [-0.3, -0.25) is 0 Å². The van der Waals surface area contributed by atoms with E-state index in [1.165, 1.54) is 30.4 Å². The van der Waals surface area contributed by atoms with E-state index in [0.717, 1.165) is 17.7 Å². The molecule has 3 rings (SSSR count). The van der Waals surface area contributed by atoms with E-state index < -0.39 is 5.97 Å². The predicted molar refractivity (Wildman–Crippen MR) is 78.5 cm³/mol. The van der Waals surface area contributed by atoms with Crippen molar-refractivity contribution in [2.45, 2.75) is 32.3 Å². The molecule has 0 spiro atoms. The zero-order chi connectivity index (χ0) is 14.8. The van der Waals surface area contributed by atoms with Crippen molar-refractivity contribution in [3.8, 4) is 10.8 Å². The third-order valence-electron chi connectivity index (χ3n) is 3.56. The minimum Gasteiger partial charge on any atom is -0.463 e. The van der Waals surface area contributed by atoms with Crippen molar-refractivity contribution < 1.29 is 18.7 Å². The summed E-state index contributed by atoms with van der Waals surface area (Å²) in [5, 5.41) is 0. The first-order chi connectivity index (χ1) is 10.2. The number of aryl methyl sites for hydroxylation is 2. The van der Waals surface area contributed by atoms with E-state index in [2.05, 4.69) is 11.1 Å². The Kier molecular flexibility index (Phi) is 4.07. The summed E-state index contributed by atoms with van der Waals surface area (Å²) in [6.07, 6.45) is 4.70. The number of thiophene rings is 1. The largest absolute Gasteiger partial charge is 0.463 e. The van der Waals surface area contributed by atoms with Gasteiger partial charge in [0.15, 0.2) is 0 Å². The topological polar surface area (TPSA) is 61.6 Å². The second-order valence-electron chi connectivity index (χ2n) is 4.99. The molecule has 0 amide bonds. The first-order valence-corrected chi connectivity index (χ1v) is 7.73. The van der Waals surface area contributed by atoms with Gasteiger partial charge < -0.3 is 13.9 Å². The summed E-state index contributed by atoms with van der Waals surface area (Å²) >= 11 is 1.70. The summed E-state index contributed by atoms with van der Waals surface area (Å²) in [6.45, 7) is 0.221. The maximum Gasteiger partial charge on any atom is 0.376 e. The van der Waals surface area contributed by atoms with E-state index >= 15 is 0 Å². The molecule has 0 unspecified atom stereocenters. The SMILES string of the molecule is COCc1nc(-c2cc3c(s2)CCCC3)oc1C(=O)OC. The van der Waals surface area contributed by atoms with Gasteiger partial charge in [-0.25, -0.2) is 9.78 Å². The number of oxazole rings is 1. The Balaban J connectivity index is 1.98. The first-order valence-electron chi connectivity index (χ1n) is 6.92. The average molecular weight is 307 g/mol. The third-order valence-corrected chi connectivity index (χ3v) is 4.78. The molecule has 0 fully saturated rings. The van der Waals surface area contributed by atoms with Crippen molar-refractivity contribution >= 4 is 17.3 Å². The number of aromatic nitrogens is 1. The van der Waals surface area contributed by atoms with Gasteiger partial charge in [0, 0.05) is 12.0 Å². The molecule has 0 aliphatic heterocycles. The zero-order valence-electron chi connectivity index (χ0n) is 12.1. The van der Waals surface area contributed by atoms with Crippen LogP contribution in [0.25, 0.3) is 10.8 Å². The quantitative estimate of drug-likeness (QED) is 0.812. The third kappa shape index (κ3) is 2.73. The Hall–Kier alpha value is -1.66. The predicted octanol–water partition coefficient (Wildman–Crippen LogP) is 3.21. The fraction of sp³-hybridized carbons (Fsp3) is 0.467. The fourth-order valence-electron chi connectivity index (χ4n) is 2.54. The number of carbonyl (C=O) groups excluding carboxylic acids is 1. The van der Waals surface area contributed by atoms with Crippen LogP contribution in [0.4, 0.5) is 0 Å². The lowest BCUT2D eigenvalue weighted by molar-refractivity contribution is 0.0559. The molecule has 112 valence electrons. The molecule has 0 radical (unpaired) electrons. The summed E-state index contributed by atoms with van der Waals surface area (Å²) < 4.78 is 15.4. The fourth-order valence-corrected chi connectivity index (χ4v) is 3.72. The van der Waals surface area contributed by atoms with Crippen LogP contribution in [0.5, 0.6) is 0 Å². The van der Waals surface area contributed by atoms with Gasteiger partial charge >= 0.3 is 5.97 Å².